The number of fused-ring (bicyclic) bond motifs is 9. The van der Waals surface area contributed by atoms with Gasteiger partial charge in [-0.05, 0) is 90.0 Å². The Labute approximate surface area is 368 Å². The van der Waals surface area contributed by atoms with Crippen LogP contribution in [0.5, 0.6) is 23.0 Å². The zero-order valence-electron chi connectivity index (χ0n) is 30.5. The van der Waals surface area contributed by atoms with E-state index in [9.17, 15) is 50.3 Å². The molecule has 1 saturated carbocycles. The average molecular weight is 1090 g/mol. The summed E-state index contributed by atoms with van der Waals surface area (Å²) in [5, 5.41) is 92.7. The lowest BCUT2D eigenvalue weighted by Crippen LogP contribution is -2.65. The largest absolute Gasteiger partial charge is 0.504 e. The van der Waals surface area contributed by atoms with Gasteiger partial charge in [0.15, 0.2) is 29.1 Å². The Balaban J connectivity index is 1.47. The van der Waals surface area contributed by atoms with E-state index >= 15 is 0 Å². The van der Waals surface area contributed by atoms with E-state index in [2.05, 4.69) is 95.1 Å². The summed E-state index contributed by atoms with van der Waals surface area (Å²) in [6.45, 7) is -1.11. The summed E-state index contributed by atoms with van der Waals surface area (Å²) in [5.74, 6) is -4.17. The minimum Gasteiger partial charge on any atom is -0.504 e. The Morgan fingerprint density at radius 3 is 2.20 bits per heavy atom. The first-order valence-electron chi connectivity index (χ1n) is 17.9. The van der Waals surface area contributed by atoms with Gasteiger partial charge in [-0.1, -0.05) is 31.4 Å². The van der Waals surface area contributed by atoms with Crippen molar-refractivity contribution in [2.75, 3.05) is 26.2 Å². The molecule has 1 aliphatic carbocycles. The van der Waals surface area contributed by atoms with Crippen LogP contribution in [-0.4, -0.2) is 138 Å². The van der Waals surface area contributed by atoms with E-state index in [1.54, 1.807) is 12.1 Å². The second-order valence-corrected chi connectivity index (χ2v) is 17.6. The lowest BCUT2D eigenvalue weighted by molar-refractivity contribution is -0.203. The third-order valence-electron chi connectivity index (χ3n) is 10.1. The number of hydrogen-bond acceptors (Lipinski definition) is 17. The molecule has 10 N–H and O–H groups in total. The third kappa shape index (κ3) is 9.43. The molecule has 7 rings (SSSR count). The van der Waals surface area contributed by atoms with Gasteiger partial charge in [0, 0.05) is 49.8 Å². The SMILES string of the molecule is O=C1NCCCOc2c(O)cc(c(Br)c2Br)C/C2=N\O[C@@H]3[C@H](Br)[C@@]4(CC[C@@]3(O)C/C(=N\O)C(=O)NC[C@@H](O)[C@@H](O)[C@H](O)CNC2=O)Oc2cc(cc(Br)c2O4)C/C1=N\O. The van der Waals surface area contributed by atoms with Crippen molar-refractivity contribution in [3.05, 3.63) is 42.7 Å². The number of hydrogen-bond donors (Lipinski definition) is 10. The van der Waals surface area contributed by atoms with Crippen molar-refractivity contribution >= 4 is 98.6 Å². The lowest BCUT2D eigenvalue weighted by Gasteiger charge is -2.47. The van der Waals surface area contributed by atoms with Gasteiger partial charge < -0.3 is 70.9 Å². The van der Waals surface area contributed by atoms with Crippen molar-refractivity contribution in [2.24, 2.45) is 15.5 Å². The number of halogens is 4. The molecule has 2 aromatic carbocycles. The van der Waals surface area contributed by atoms with Gasteiger partial charge in [0.05, 0.1) is 27.8 Å². The van der Waals surface area contributed by atoms with E-state index in [0.717, 1.165) is 0 Å². The number of aliphatic hydroxyl groups is 4. The van der Waals surface area contributed by atoms with Gasteiger partial charge in [-0.2, -0.15) is 0 Å². The second kappa shape index (κ2) is 18.5. The maximum absolute atomic E-state index is 13.8. The molecular weight excluding hydrogens is 1050 g/mol. The molecule has 3 amide bonds. The normalized spacial score (nSPS) is 32.0. The quantitative estimate of drug-likeness (QED) is 0.101. The lowest BCUT2D eigenvalue weighted by atomic mass is 9.75. The first-order chi connectivity index (χ1) is 28.0. The van der Waals surface area contributed by atoms with Crippen molar-refractivity contribution in [1.82, 2.24) is 16.0 Å². The Morgan fingerprint density at radius 2 is 1.51 bits per heavy atom. The summed E-state index contributed by atoms with van der Waals surface area (Å²) >= 11 is 13.9. The predicted octanol–water partition coefficient (Wildman–Crippen LogP) is 1.24. The van der Waals surface area contributed by atoms with Crippen molar-refractivity contribution in [1.29, 1.82) is 0 Å². The number of phenols is 1. The van der Waals surface area contributed by atoms with Crippen molar-refractivity contribution in [3.8, 4) is 23.0 Å². The van der Waals surface area contributed by atoms with Crippen LogP contribution in [0.3, 0.4) is 0 Å². The number of β-amino-alcohol motifs (C(OH)–C–C–N with tert-alkyl or cyclic N) is 2. The number of carbonyl (C=O) groups excluding carboxylic acids is 3. The number of aromatic hydroxyl groups is 1. The zero-order chi connectivity index (χ0) is 42.8. The standard InChI is InChI=1S/C35H38Br4N6O14/c36-16-6-14-7-17(43-54)31(50)40-4-1-5-56-28-20(46)10-15(24(37)25(28)38)9-18-32(51)41-12-21(47)26(49)22(48)13-42-33(52)19(44-55)11-34(53)2-3-35(29(39)30(34)59-45-18)57-23(8-14)27(16)58-35/h6,8,10,21-22,26,29-30,46-49,53-55H,1-5,7,9,11-13H2,(H,40,50)(H,41,51)(H,42,52)/b43-17+,44-19+,45-18+/t21-,22-,26+,29+,30-,34-,35+/m1/s1. The van der Waals surface area contributed by atoms with Crippen LogP contribution in [0.1, 0.15) is 36.8 Å². The highest BCUT2D eigenvalue weighted by molar-refractivity contribution is 9.13. The van der Waals surface area contributed by atoms with Crippen LogP contribution in [0.4, 0.5) is 0 Å². The molecule has 1 fully saturated rings. The van der Waals surface area contributed by atoms with Crippen LogP contribution in [0.2, 0.25) is 0 Å². The number of nitrogens with one attached hydrogen (secondary N) is 3. The number of phenolic OH excluding ortho intramolecular Hbond substituents is 1. The van der Waals surface area contributed by atoms with Crippen LogP contribution in [0.15, 0.2) is 47.1 Å². The molecule has 0 unspecified atom stereocenters. The number of ether oxygens (including phenoxy) is 3. The van der Waals surface area contributed by atoms with Gasteiger partial charge in [-0.15, -0.1) is 0 Å². The van der Waals surface area contributed by atoms with Gasteiger partial charge >= 0.3 is 0 Å². The minimum atomic E-state index is -2.12. The fraction of sp³-hybridized carbons (Fsp3) is 0.486. The van der Waals surface area contributed by atoms with E-state index in [1.807, 2.05) is 0 Å². The highest BCUT2D eigenvalue weighted by Crippen LogP contribution is 2.54. The first kappa shape index (κ1) is 44.8. The first-order valence-corrected chi connectivity index (χ1v) is 21.2. The average Bonchev–Trinajstić information content (AvgIpc) is 3.60. The fourth-order valence-electron chi connectivity index (χ4n) is 6.83. The monoisotopic (exact) mass is 1080 g/mol. The van der Waals surface area contributed by atoms with Gasteiger partial charge in [0.2, 0.25) is 0 Å². The summed E-state index contributed by atoms with van der Waals surface area (Å²) < 4.78 is 19.6. The molecule has 0 radical (unpaired) electrons. The Morgan fingerprint density at radius 1 is 0.831 bits per heavy atom. The van der Waals surface area contributed by atoms with Crippen LogP contribution < -0.4 is 30.2 Å². The molecule has 4 aliphatic heterocycles. The Kier molecular flexibility index (Phi) is 14.0. The molecule has 4 heterocycles. The topological polar surface area (TPSA) is 303 Å². The molecule has 59 heavy (non-hydrogen) atoms. The number of nitrogens with zero attached hydrogens (tertiary/aromatic N) is 3. The zero-order valence-corrected chi connectivity index (χ0v) is 36.9. The van der Waals surface area contributed by atoms with Crippen LogP contribution >= 0.6 is 63.7 Å². The summed E-state index contributed by atoms with van der Waals surface area (Å²) in [5.41, 5.74) is -2.58. The highest BCUT2D eigenvalue weighted by Gasteiger charge is 2.63. The van der Waals surface area contributed by atoms with Crippen LogP contribution in [0, 0.1) is 0 Å². The van der Waals surface area contributed by atoms with Gasteiger partial charge in [0.1, 0.15) is 33.7 Å². The summed E-state index contributed by atoms with van der Waals surface area (Å²) in [4.78, 5) is 44.9. The van der Waals surface area contributed by atoms with E-state index in [-0.39, 0.29) is 89.7 Å². The molecule has 7 bridgehead atoms. The van der Waals surface area contributed by atoms with Crippen molar-refractivity contribution in [2.45, 2.75) is 79.2 Å². The summed E-state index contributed by atoms with van der Waals surface area (Å²) in [7, 11) is 0. The summed E-state index contributed by atoms with van der Waals surface area (Å²) in [6.07, 6.45) is -8.20. The number of aliphatic hydroxyl groups excluding tert-OH is 3. The van der Waals surface area contributed by atoms with Crippen molar-refractivity contribution < 1.29 is 69.4 Å². The number of rotatable bonds is 0. The summed E-state index contributed by atoms with van der Waals surface area (Å²) in [6, 6.07) is 4.50. The third-order valence-corrected chi connectivity index (χ3v) is 14.0. The Hall–Kier alpha value is -3.78. The molecule has 0 saturated heterocycles. The molecule has 0 aromatic heterocycles. The molecule has 2 aromatic rings. The molecule has 5 aliphatic rings. The molecule has 20 nitrogen and oxygen atoms in total. The number of alkyl halides is 1. The van der Waals surface area contributed by atoms with Crippen LogP contribution in [-0.2, 0) is 32.1 Å². The number of amides is 3. The van der Waals surface area contributed by atoms with Crippen molar-refractivity contribution in [3.63, 3.8) is 0 Å². The van der Waals surface area contributed by atoms with Gasteiger partial charge in [-0.3, -0.25) is 14.4 Å². The van der Waals surface area contributed by atoms with Crippen LogP contribution in [0.25, 0.3) is 0 Å². The van der Waals surface area contributed by atoms with E-state index in [1.165, 1.54) is 6.07 Å². The maximum Gasteiger partial charge on any atom is 0.269 e. The van der Waals surface area contributed by atoms with E-state index in [0.29, 0.717) is 14.5 Å². The molecule has 320 valence electrons. The fourth-order valence-corrected chi connectivity index (χ4v) is 9.41. The minimum absolute atomic E-state index is 0.0227. The predicted molar refractivity (Wildman–Crippen MR) is 218 cm³/mol. The maximum atomic E-state index is 13.8. The molecule has 7 atom stereocenters. The molecule has 24 heteroatoms. The molecule has 1 spiro atoms. The molecular formula is C35H38Br4N6O14. The Bertz CT molecular complexity index is 2090. The van der Waals surface area contributed by atoms with E-state index in [4.69, 9.17) is 19.0 Å². The number of benzene rings is 2. The number of carbonyl (C=O) groups is 3. The van der Waals surface area contributed by atoms with Gasteiger partial charge in [-0.25, -0.2) is 0 Å². The van der Waals surface area contributed by atoms with E-state index < -0.39 is 83.6 Å². The van der Waals surface area contributed by atoms with Gasteiger partial charge in [0.25, 0.3) is 23.5 Å². The smallest absolute Gasteiger partial charge is 0.269 e. The number of oxime groups is 3. The highest BCUT2D eigenvalue weighted by atomic mass is 79.9. The second-order valence-electron chi connectivity index (χ2n) is 14.1.